The number of nitriles is 1. The van der Waals surface area contributed by atoms with Crippen LogP contribution in [0.2, 0.25) is 0 Å². The molecule has 1 fully saturated rings. The van der Waals surface area contributed by atoms with Gasteiger partial charge >= 0.3 is 5.97 Å². The normalized spacial score (nSPS) is 14.7. The van der Waals surface area contributed by atoms with Crippen LogP contribution < -0.4 is 10.6 Å². The summed E-state index contributed by atoms with van der Waals surface area (Å²) in [7, 11) is 0. The van der Waals surface area contributed by atoms with Gasteiger partial charge in [-0.15, -0.1) is 0 Å². The van der Waals surface area contributed by atoms with Gasteiger partial charge in [-0.05, 0) is 30.5 Å². The first-order chi connectivity index (χ1) is 15.0. The summed E-state index contributed by atoms with van der Waals surface area (Å²) in [5.74, 6) is -1.50. The molecule has 0 aliphatic heterocycles. The summed E-state index contributed by atoms with van der Waals surface area (Å²) >= 11 is 0. The van der Waals surface area contributed by atoms with Gasteiger partial charge in [-0.25, -0.2) is 4.79 Å². The van der Waals surface area contributed by atoms with E-state index in [0.29, 0.717) is 18.5 Å². The van der Waals surface area contributed by atoms with Gasteiger partial charge in [0.2, 0.25) is 5.91 Å². The van der Waals surface area contributed by atoms with Gasteiger partial charge in [-0.2, -0.15) is 5.26 Å². The Kier molecular flexibility index (Phi) is 7.39. The van der Waals surface area contributed by atoms with E-state index in [-0.39, 0.29) is 17.9 Å². The van der Waals surface area contributed by atoms with E-state index in [0.717, 1.165) is 24.8 Å². The SMILES string of the molecule is N#CC1(NC(=O)COC(=O)c2ccccc2NC(=O)Cc2ccccc2)CCCCC1. The van der Waals surface area contributed by atoms with Gasteiger partial charge in [0.15, 0.2) is 6.61 Å². The van der Waals surface area contributed by atoms with Crippen LogP contribution in [0.15, 0.2) is 54.6 Å². The van der Waals surface area contributed by atoms with Crippen LogP contribution in [0.3, 0.4) is 0 Å². The number of carbonyl (C=O) groups is 3. The molecule has 2 N–H and O–H groups in total. The molecule has 0 spiro atoms. The molecule has 0 unspecified atom stereocenters. The number of carbonyl (C=O) groups excluding carboxylic acids is 3. The standard InChI is InChI=1S/C24H25N3O4/c25-17-24(13-7-2-8-14-24)27-22(29)16-31-23(30)19-11-5-6-12-20(19)26-21(28)15-18-9-3-1-4-10-18/h1,3-6,9-12H,2,7-8,13-16H2,(H,26,28)(H,27,29). The highest BCUT2D eigenvalue weighted by Gasteiger charge is 2.33. The van der Waals surface area contributed by atoms with Crippen LogP contribution >= 0.6 is 0 Å². The second-order valence-corrected chi connectivity index (χ2v) is 7.64. The zero-order chi connectivity index (χ0) is 22.1. The maximum absolute atomic E-state index is 12.5. The maximum Gasteiger partial charge on any atom is 0.340 e. The Labute approximate surface area is 181 Å². The number of amides is 2. The predicted molar refractivity (Wildman–Crippen MR) is 115 cm³/mol. The monoisotopic (exact) mass is 419 g/mol. The third-order valence-corrected chi connectivity index (χ3v) is 5.26. The first kappa shape index (κ1) is 22.0. The van der Waals surface area contributed by atoms with Gasteiger partial charge in [0, 0.05) is 0 Å². The maximum atomic E-state index is 12.5. The fourth-order valence-corrected chi connectivity index (χ4v) is 3.68. The van der Waals surface area contributed by atoms with Gasteiger partial charge in [-0.3, -0.25) is 9.59 Å². The summed E-state index contributed by atoms with van der Waals surface area (Å²) in [6.45, 7) is -0.492. The number of ether oxygens (including phenoxy) is 1. The van der Waals surface area contributed by atoms with Crippen LogP contribution in [-0.4, -0.2) is 29.9 Å². The quantitative estimate of drug-likeness (QED) is 0.669. The molecule has 7 nitrogen and oxygen atoms in total. The number of anilines is 1. The Balaban J connectivity index is 1.57. The lowest BCUT2D eigenvalue weighted by atomic mass is 9.83. The highest BCUT2D eigenvalue weighted by atomic mass is 16.5. The van der Waals surface area contributed by atoms with E-state index in [1.54, 1.807) is 18.2 Å². The molecular formula is C24H25N3O4. The minimum Gasteiger partial charge on any atom is -0.452 e. The summed E-state index contributed by atoms with van der Waals surface area (Å²) in [5.41, 5.74) is 0.440. The number of benzene rings is 2. The second kappa shape index (κ2) is 10.4. The van der Waals surface area contributed by atoms with E-state index >= 15 is 0 Å². The van der Waals surface area contributed by atoms with Gasteiger partial charge in [0.1, 0.15) is 5.54 Å². The molecule has 3 rings (SSSR count). The van der Waals surface area contributed by atoms with Crippen LogP contribution in [0, 0.1) is 11.3 Å². The smallest absolute Gasteiger partial charge is 0.340 e. The molecular weight excluding hydrogens is 394 g/mol. The van der Waals surface area contributed by atoms with E-state index < -0.39 is 24.0 Å². The van der Waals surface area contributed by atoms with Crippen molar-refractivity contribution in [1.29, 1.82) is 5.26 Å². The van der Waals surface area contributed by atoms with E-state index in [4.69, 9.17) is 4.74 Å². The number of nitrogens with one attached hydrogen (secondary N) is 2. The Bertz CT molecular complexity index is 976. The van der Waals surface area contributed by atoms with Crippen molar-refractivity contribution >= 4 is 23.5 Å². The molecule has 0 bridgehead atoms. The van der Waals surface area contributed by atoms with Gasteiger partial charge in [0.05, 0.1) is 23.7 Å². The first-order valence-electron chi connectivity index (χ1n) is 10.3. The Hall–Kier alpha value is -3.66. The molecule has 1 aliphatic carbocycles. The third-order valence-electron chi connectivity index (χ3n) is 5.26. The summed E-state index contributed by atoms with van der Waals surface area (Å²) in [5, 5.41) is 14.9. The summed E-state index contributed by atoms with van der Waals surface area (Å²) in [6.07, 6.45) is 4.16. The molecule has 0 atom stereocenters. The molecule has 0 radical (unpaired) electrons. The van der Waals surface area contributed by atoms with Crippen LogP contribution in [0.25, 0.3) is 0 Å². The summed E-state index contributed by atoms with van der Waals surface area (Å²) in [4.78, 5) is 37.2. The Morgan fingerprint density at radius 2 is 1.61 bits per heavy atom. The van der Waals surface area contributed by atoms with E-state index in [1.165, 1.54) is 6.07 Å². The van der Waals surface area contributed by atoms with Crippen molar-refractivity contribution in [2.24, 2.45) is 0 Å². The van der Waals surface area contributed by atoms with Crippen molar-refractivity contribution in [2.45, 2.75) is 44.1 Å². The summed E-state index contributed by atoms with van der Waals surface area (Å²) in [6, 6.07) is 17.9. The molecule has 7 heteroatoms. The van der Waals surface area contributed by atoms with Crippen molar-refractivity contribution in [1.82, 2.24) is 5.32 Å². The fourth-order valence-electron chi connectivity index (χ4n) is 3.68. The molecule has 2 aromatic carbocycles. The highest BCUT2D eigenvalue weighted by molar-refractivity contribution is 6.02. The highest BCUT2D eigenvalue weighted by Crippen LogP contribution is 2.27. The number of nitrogens with zero attached hydrogens (tertiary/aromatic N) is 1. The minimum atomic E-state index is -0.884. The molecule has 2 aromatic rings. The molecule has 0 heterocycles. The molecule has 0 saturated heterocycles. The van der Waals surface area contributed by atoms with Crippen molar-refractivity contribution in [2.75, 3.05) is 11.9 Å². The van der Waals surface area contributed by atoms with Crippen molar-refractivity contribution in [3.05, 3.63) is 65.7 Å². The zero-order valence-corrected chi connectivity index (χ0v) is 17.2. The van der Waals surface area contributed by atoms with Gasteiger partial charge in [-0.1, -0.05) is 61.7 Å². The topological polar surface area (TPSA) is 108 Å². The van der Waals surface area contributed by atoms with Crippen molar-refractivity contribution < 1.29 is 19.1 Å². The average molecular weight is 419 g/mol. The molecule has 31 heavy (non-hydrogen) atoms. The van der Waals surface area contributed by atoms with Crippen molar-refractivity contribution in [3.63, 3.8) is 0 Å². The zero-order valence-electron chi connectivity index (χ0n) is 17.2. The molecule has 1 aliphatic rings. The van der Waals surface area contributed by atoms with E-state index in [2.05, 4.69) is 16.7 Å². The largest absolute Gasteiger partial charge is 0.452 e. The first-order valence-corrected chi connectivity index (χ1v) is 10.3. The van der Waals surface area contributed by atoms with Crippen LogP contribution in [0.5, 0.6) is 0 Å². The third kappa shape index (κ3) is 6.16. The lowest BCUT2D eigenvalue weighted by Crippen LogP contribution is -2.50. The Morgan fingerprint density at radius 1 is 0.935 bits per heavy atom. The Morgan fingerprint density at radius 3 is 2.32 bits per heavy atom. The molecule has 0 aromatic heterocycles. The van der Waals surface area contributed by atoms with Crippen LogP contribution in [-0.2, 0) is 20.7 Å². The molecule has 2 amide bonds. The minimum absolute atomic E-state index is 0.157. The number of rotatable bonds is 7. The molecule has 160 valence electrons. The van der Waals surface area contributed by atoms with Gasteiger partial charge in [0.25, 0.3) is 5.91 Å². The van der Waals surface area contributed by atoms with Crippen molar-refractivity contribution in [3.8, 4) is 6.07 Å². The van der Waals surface area contributed by atoms with E-state index in [9.17, 15) is 19.6 Å². The lowest BCUT2D eigenvalue weighted by molar-refractivity contribution is -0.126. The van der Waals surface area contributed by atoms with E-state index in [1.807, 2.05) is 30.3 Å². The molecule has 1 saturated carbocycles. The summed E-state index contributed by atoms with van der Waals surface area (Å²) < 4.78 is 5.15. The van der Waals surface area contributed by atoms with Gasteiger partial charge < -0.3 is 15.4 Å². The predicted octanol–water partition coefficient (Wildman–Crippen LogP) is 3.37. The number of hydrogen-bond donors (Lipinski definition) is 2. The van der Waals surface area contributed by atoms with Crippen LogP contribution in [0.1, 0.15) is 48.0 Å². The number of esters is 1. The van der Waals surface area contributed by atoms with Crippen LogP contribution in [0.4, 0.5) is 5.69 Å². The fraction of sp³-hybridized carbons (Fsp3) is 0.333. The second-order valence-electron chi connectivity index (χ2n) is 7.64. The number of para-hydroxylation sites is 1. The number of hydrogen-bond acceptors (Lipinski definition) is 5. The average Bonchev–Trinajstić information content (AvgIpc) is 2.79. The lowest BCUT2D eigenvalue weighted by Gasteiger charge is -2.31.